The monoisotopic (exact) mass is 367 g/mol. The fourth-order valence-electron chi connectivity index (χ4n) is 3.56. The van der Waals surface area contributed by atoms with Crippen LogP contribution < -0.4 is 11.2 Å². The minimum Gasteiger partial charge on any atom is -0.343 e. The van der Waals surface area contributed by atoms with E-state index in [4.69, 9.17) is 0 Å². The first-order chi connectivity index (χ1) is 13.1. The number of benzene rings is 1. The fraction of sp³-hybridized carbons (Fsp3) is 0.368. The van der Waals surface area contributed by atoms with Gasteiger partial charge in [0.15, 0.2) is 0 Å². The molecule has 0 atom stereocenters. The fourth-order valence-corrected chi connectivity index (χ4v) is 3.56. The van der Waals surface area contributed by atoms with Crippen LogP contribution in [0.3, 0.4) is 0 Å². The van der Waals surface area contributed by atoms with Gasteiger partial charge in [-0.25, -0.2) is 9.78 Å². The average Bonchev–Trinajstić information content (AvgIpc) is 3.11. The molecule has 3 heterocycles. The Morgan fingerprint density at radius 3 is 2.63 bits per heavy atom. The zero-order valence-electron chi connectivity index (χ0n) is 14.9. The maximum Gasteiger partial charge on any atom is 0.328 e. The van der Waals surface area contributed by atoms with E-state index >= 15 is 0 Å². The molecule has 2 aromatic heterocycles. The van der Waals surface area contributed by atoms with Gasteiger partial charge < -0.3 is 14.5 Å². The van der Waals surface area contributed by atoms with Crippen molar-refractivity contribution in [1.29, 1.82) is 0 Å². The maximum absolute atomic E-state index is 12.4. The number of likely N-dealkylation sites (tertiary alicyclic amines) is 1. The van der Waals surface area contributed by atoms with Crippen molar-refractivity contribution in [2.24, 2.45) is 0 Å². The number of piperidine rings is 1. The number of para-hydroxylation sites is 2. The van der Waals surface area contributed by atoms with Gasteiger partial charge in [0.2, 0.25) is 5.91 Å². The quantitative estimate of drug-likeness (QED) is 0.723. The molecule has 3 aromatic rings. The molecular formula is C19H21N5O3. The van der Waals surface area contributed by atoms with Gasteiger partial charge in [-0.05, 0) is 25.0 Å². The number of aromatic nitrogens is 4. The molecule has 1 aliphatic rings. The number of aromatic amines is 2. The van der Waals surface area contributed by atoms with Gasteiger partial charge in [0.1, 0.15) is 5.82 Å². The summed E-state index contributed by atoms with van der Waals surface area (Å²) in [5.41, 5.74) is 1.09. The summed E-state index contributed by atoms with van der Waals surface area (Å²) in [7, 11) is 0. The third kappa shape index (κ3) is 3.69. The van der Waals surface area contributed by atoms with Gasteiger partial charge in [0, 0.05) is 44.2 Å². The highest BCUT2D eigenvalue weighted by Gasteiger charge is 2.25. The third-order valence-corrected chi connectivity index (χ3v) is 5.11. The molecular weight excluding hydrogens is 346 g/mol. The molecule has 8 heteroatoms. The summed E-state index contributed by atoms with van der Waals surface area (Å²) in [5.74, 6) is 1.34. The lowest BCUT2D eigenvalue weighted by Gasteiger charge is -2.31. The zero-order chi connectivity index (χ0) is 18.8. The van der Waals surface area contributed by atoms with E-state index in [0.717, 1.165) is 29.7 Å². The highest BCUT2D eigenvalue weighted by molar-refractivity contribution is 5.76. The van der Waals surface area contributed by atoms with E-state index in [-0.39, 0.29) is 18.9 Å². The van der Waals surface area contributed by atoms with Crippen LogP contribution in [0.1, 0.15) is 31.0 Å². The van der Waals surface area contributed by atoms with Crippen molar-refractivity contribution >= 4 is 16.9 Å². The summed E-state index contributed by atoms with van der Waals surface area (Å²) < 4.78 is 1.35. The van der Waals surface area contributed by atoms with E-state index in [1.54, 1.807) is 0 Å². The van der Waals surface area contributed by atoms with Gasteiger partial charge in [-0.3, -0.25) is 14.6 Å². The molecule has 8 nitrogen and oxygen atoms in total. The molecule has 0 unspecified atom stereocenters. The number of nitrogens with one attached hydrogen (secondary N) is 2. The van der Waals surface area contributed by atoms with E-state index in [1.165, 1.54) is 16.8 Å². The number of rotatable bonds is 4. The van der Waals surface area contributed by atoms with E-state index in [9.17, 15) is 14.4 Å². The maximum atomic E-state index is 12.4. The van der Waals surface area contributed by atoms with Crippen molar-refractivity contribution in [3.63, 3.8) is 0 Å². The van der Waals surface area contributed by atoms with Crippen LogP contribution >= 0.6 is 0 Å². The molecule has 140 valence electrons. The second kappa shape index (κ2) is 7.22. The van der Waals surface area contributed by atoms with Crippen LogP contribution in [0, 0.1) is 0 Å². The normalized spacial score (nSPS) is 15.3. The first-order valence-corrected chi connectivity index (χ1v) is 9.12. The molecule has 0 radical (unpaired) electrons. The smallest absolute Gasteiger partial charge is 0.328 e. The standard InChI is InChI=1S/C19H21N5O3/c25-16-7-11-24(19(27)22-16)12-8-17(26)23-9-5-13(6-10-23)18-20-14-3-1-2-4-15(14)21-18/h1-4,7,11,13H,5-6,8-10,12H2,(H,20,21)(H,22,25,27). The first-order valence-electron chi connectivity index (χ1n) is 9.12. The lowest BCUT2D eigenvalue weighted by molar-refractivity contribution is -0.132. The van der Waals surface area contributed by atoms with Crippen molar-refractivity contribution in [2.45, 2.75) is 31.7 Å². The molecule has 0 bridgehead atoms. The Kier molecular flexibility index (Phi) is 4.62. The Morgan fingerprint density at radius 1 is 1.11 bits per heavy atom. The van der Waals surface area contributed by atoms with Gasteiger partial charge in [0.05, 0.1) is 11.0 Å². The van der Waals surface area contributed by atoms with E-state index in [0.29, 0.717) is 19.0 Å². The Balaban J connectivity index is 1.33. The van der Waals surface area contributed by atoms with Gasteiger partial charge in [0.25, 0.3) is 5.56 Å². The molecule has 1 fully saturated rings. The molecule has 1 amide bonds. The molecule has 1 aliphatic heterocycles. The number of nitrogens with zero attached hydrogens (tertiary/aromatic N) is 3. The topological polar surface area (TPSA) is 104 Å². The second-order valence-corrected chi connectivity index (χ2v) is 6.85. The van der Waals surface area contributed by atoms with Gasteiger partial charge in [-0.1, -0.05) is 12.1 Å². The Hall–Kier alpha value is -3.16. The predicted molar refractivity (Wildman–Crippen MR) is 101 cm³/mol. The Labute approximate surface area is 154 Å². The molecule has 1 aromatic carbocycles. The summed E-state index contributed by atoms with van der Waals surface area (Å²) in [6.07, 6.45) is 3.39. The molecule has 0 saturated carbocycles. The number of carbonyl (C=O) groups is 1. The lowest BCUT2D eigenvalue weighted by Crippen LogP contribution is -2.39. The lowest BCUT2D eigenvalue weighted by atomic mass is 9.96. The summed E-state index contributed by atoms with van der Waals surface area (Å²) in [5, 5.41) is 0. The average molecular weight is 367 g/mol. The first kappa shape index (κ1) is 17.3. The van der Waals surface area contributed by atoms with Crippen LogP contribution in [-0.2, 0) is 11.3 Å². The predicted octanol–water partition coefficient (Wildman–Crippen LogP) is 1.21. The van der Waals surface area contributed by atoms with Gasteiger partial charge in [-0.2, -0.15) is 0 Å². The second-order valence-electron chi connectivity index (χ2n) is 6.85. The van der Waals surface area contributed by atoms with Crippen molar-refractivity contribution in [3.8, 4) is 0 Å². The van der Waals surface area contributed by atoms with Crippen LogP contribution in [0.15, 0.2) is 46.1 Å². The molecule has 0 aliphatic carbocycles. The SMILES string of the molecule is O=C(CCn1ccc(=O)[nH]c1=O)N1CCC(c2nc3ccccc3[nH]2)CC1. The van der Waals surface area contributed by atoms with Crippen molar-refractivity contribution in [2.75, 3.05) is 13.1 Å². The molecule has 1 saturated heterocycles. The number of fused-ring (bicyclic) bond motifs is 1. The number of imidazole rings is 1. The van der Waals surface area contributed by atoms with Crippen molar-refractivity contribution in [1.82, 2.24) is 24.4 Å². The van der Waals surface area contributed by atoms with Crippen molar-refractivity contribution < 1.29 is 4.79 Å². The zero-order valence-corrected chi connectivity index (χ0v) is 14.9. The van der Waals surface area contributed by atoms with E-state index in [1.807, 2.05) is 29.2 Å². The van der Waals surface area contributed by atoms with E-state index in [2.05, 4.69) is 15.0 Å². The Morgan fingerprint density at radius 2 is 1.89 bits per heavy atom. The van der Waals surface area contributed by atoms with Gasteiger partial charge >= 0.3 is 5.69 Å². The summed E-state index contributed by atoms with van der Waals surface area (Å²) in [4.78, 5) is 47.3. The van der Waals surface area contributed by atoms with Crippen LogP contribution in [0.25, 0.3) is 11.0 Å². The van der Waals surface area contributed by atoms with Gasteiger partial charge in [-0.15, -0.1) is 0 Å². The minimum atomic E-state index is -0.487. The number of hydrogen-bond donors (Lipinski definition) is 2. The third-order valence-electron chi connectivity index (χ3n) is 5.11. The molecule has 4 rings (SSSR count). The molecule has 27 heavy (non-hydrogen) atoms. The Bertz CT molecular complexity index is 1040. The highest BCUT2D eigenvalue weighted by Crippen LogP contribution is 2.27. The summed E-state index contributed by atoms with van der Waals surface area (Å²) in [6.45, 7) is 1.63. The largest absolute Gasteiger partial charge is 0.343 e. The summed E-state index contributed by atoms with van der Waals surface area (Å²) >= 11 is 0. The highest BCUT2D eigenvalue weighted by atomic mass is 16.2. The minimum absolute atomic E-state index is 0.0242. The van der Waals surface area contributed by atoms with Crippen molar-refractivity contribution in [3.05, 3.63) is 63.2 Å². The number of carbonyl (C=O) groups excluding carboxylic acids is 1. The number of H-pyrrole nitrogens is 2. The molecule has 0 spiro atoms. The van der Waals surface area contributed by atoms with Crippen LogP contribution in [0.5, 0.6) is 0 Å². The number of amides is 1. The van der Waals surface area contributed by atoms with Crippen LogP contribution in [0.4, 0.5) is 0 Å². The van der Waals surface area contributed by atoms with Crippen LogP contribution in [0.2, 0.25) is 0 Å². The van der Waals surface area contributed by atoms with E-state index < -0.39 is 11.2 Å². The molecule has 2 N–H and O–H groups in total. The summed E-state index contributed by atoms with van der Waals surface area (Å²) in [6, 6.07) is 9.25. The van der Waals surface area contributed by atoms with Crippen LogP contribution in [-0.4, -0.2) is 43.4 Å². The number of hydrogen-bond acceptors (Lipinski definition) is 4. The number of aryl methyl sites for hydroxylation is 1.